The van der Waals surface area contributed by atoms with Gasteiger partial charge in [-0.1, -0.05) is 29.8 Å². The Balaban J connectivity index is 1.47. The summed E-state index contributed by atoms with van der Waals surface area (Å²) in [6.45, 7) is 2.04. The molecule has 2 amide bonds. The number of nitrogens with one attached hydrogen (secondary N) is 1. The van der Waals surface area contributed by atoms with Crippen molar-refractivity contribution >= 4 is 17.5 Å². The molecule has 1 unspecified atom stereocenters. The lowest BCUT2D eigenvalue weighted by Gasteiger charge is -2.57. The van der Waals surface area contributed by atoms with Gasteiger partial charge in [0.25, 0.3) is 0 Å². The van der Waals surface area contributed by atoms with Crippen molar-refractivity contribution in [2.24, 2.45) is 23.2 Å². The second-order valence-electron chi connectivity index (χ2n) is 10.7. The molecule has 2 aromatic rings. The van der Waals surface area contributed by atoms with Crippen LogP contribution in [0, 0.1) is 35.9 Å². The summed E-state index contributed by atoms with van der Waals surface area (Å²) in [6, 6.07) is 11.9. The summed E-state index contributed by atoms with van der Waals surface area (Å²) in [6.07, 6.45) is 6.63. The van der Waals surface area contributed by atoms with E-state index < -0.39 is 6.04 Å². The van der Waals surface area contributed by atoms with Gasteiger partial charge in [0, 0.05) is 11.3 Å². The van der Waals surface area contributed by atoms with Gasteiger partial charge in [0.1, 0.15) is 12.4 Å². The highest BCUT2D eigenvalue weighted by molar-refractivity contribution is 5.98. The Labute approximate surface area is 188 Å². The van der Waals surface area contributed by atoms with E-state index in [4.69, 9.17) is 0 Å². The fraction of sp³-hybridized carbons (Fsp3) is 0.481. The average Bonchev–Trinajstić information content (AvgIpc) is 2.88. The van der Waals surface area contributed by atoms with Gasteiger partial charge in [-0.3, -0.25) is 9.59 Å². The van der Waals surface area contributed by atoms with E-state index in [1.807, 2.05) is 19.1 Å². The number of fused-ring (bicyclic) bond motifs is 1. The minimum Gasteiger partial charge on any atom is -0.324 e. The molecule has 0 radical (unpaired) electrons. The number of rotatable bonds is 2. The molecule has 4 nitrogen and oxygen atoms in total. The summed E-state index contributed by atoms with van der Waals surface area (Å²) in [5.41, 5.74) is 3.19. The maximum absolute atomic E-state index is 14.4. The molecule has 1 atom stereocenters. The van der Waals surface area contributed by atoms with Crippen LogP contribution < -0.4 is 5.32 Å². The molecule has 32 heavy (non-hydrogen) atoms. The summed E-state index contributed by atoms with van der Waals surface area (Å²) in [5.74, 6) is 1.58. The van der Waals surface area contributed by atoms with Crippen LogP contribution >= 0.6 is 0 Å². The molecule has 0 spiro atoms. The molecular formula is C27H29FN2O2. The number of anilines is 1. The van der Waals surface area contributed by atoms with E-state index in [1.165, 1.54) is 31.4 Å². The molecule has 5 heteroatoms. The lowest BCUT2D eigenvalue weighted by Crippen LogP contribution is -2.55. The van der Waals surface area contributed by atoms with Crippen LogP contribution in [0.15, 0.2) is 42.5 Å². The Morgan fingerprint density at radius 3 is 2.25 bits per heavy atom. The molecular weight excluding hydrogens is 403 g/mol. The minimum absolute atomic E-state index is 0.0242. The molecule has 4 aliphatic carbocycles. The third kappa shape index (κ3) is 3.16. The van der Waals surface area contributed by atoms with E-state index in [9.17, 15) is 14.0 Å². The van der Waals surface area contributed by atoms with Crippen molar-refractivity contribution in [2.75, 3.05) is 11.9 Å². The monoisotopic (exact) mass is 432 g/mol. The lowest BCUT2D eigenvalue weighted by molar-refractivity contribution is -0.160. The van der Waals surface area contributed by atoms with Gasteiger partial charge in [0.15, 0.2) is 0 Å². The molecule has 166 valence electrons. The first kappa shape index (κ1) is 20.0. The second-order valence-corrected chi connectivity index (χ2v) is 10.7. The molecule has 7 rings (SSSR count). The Morgan fingerprint density at radius 2 is 1.62 bits per heavy atom. The minimum atomic E-state index is -0.412. The maximum atomic E-state index is 14.4. The van der Waals surface area contributed by atoms with Gasteiger partial charge in [-0.2, -0.15) is 0 Å². The molecule has 2 aromatic carbocycles. The van der Waals surface area contributed by atoms with Crippen LogP contribution in [-0.4, -0.2) is 23.3 Å². The summed E-state index contributed by atoms with van der Waals surface area (Å²) >= 11 is 0. The zero-order valence-electron chi connectivity index (χ0n) is 18.4. The van der Waals surface area contributed by atoms with Crippen molar-refractivity contribution in [3.8, 4) is 0 Å². The van der Waals surface area contributed by atoms with Gasteiger partial charge in [-0.15, -0.1) is 0 Å². The van der Waals surface area contributed by atoms with Crippen molar-refractivity contribution in [1.82, 2.24) is 4.90 Å². The first-order chi connectivity index (χ1) is 15.4. The first-order valence-corrected chi connectivity index (χ1v) is 11.9. The fourth-order valence-electron chi connectivity index (χ4n) is 7.50. The number of carbonyl (C=O) groups is 2. The fourth-order valence-corrected chi connectivity index (χ4v) is 7.50. The Kier molecular flexibility index (Phi) is 4.46. The Morgan fingerprint density at radius 1 is 1.00 bits per heavy atom. The van der Waals surface area contributed by atoms with Crippen molar-refractivity contribution in [3.63, 3.8) is 0 Å². The molecule has 4 fully saturated rings. The first-order valence-electron chi connectivity index (χ1n) is 11.9. The predicted molar refractivity (Wildman–Crippen MR) is 120 cm³/mol. The van der Waals surface area contributed by atoms with Gasteiger partial charge >= 0.3 is 0 Å². The Hall–Kier alpha value is -2.69. The van der Waals surface area contributed by atoms with Crippen molar-refractivity contribution in [3.05, 3.63) is 65.0 Å². The van der Waals surface area contributed by atoms with Crippen LogP contribution in [0.1, 0.15) is 61.3 Å². The number of hydrogen-bond acceptors (Lipinski definition) is 2. The Bertz CT molecular complexity index is 1060. The molecule has 1 heterocycles. The molecule has 1 aliphatic heterocycles. The maximum Gasteiger partial charge on any atom is 0.244 e. The molecule has 4 bridgehead atoms. The van der Waals surface area contributed by atoms with Crippen LogP contribution in [0.25, 0.3) is 0 Å². The van der Waals surface area contributed by atoms with Crippen LogP contribution in [0.5, 0.6) is 0 Å². The second kappa shape index (κ2) is 7.16. The molecule has 5 aliphatic rings. The number of hydrogen-bond donors (Lipinski definition) is 1. The zero-order chi connectivity index (χ0) is 22.0. The molecule has 1 N–H and O–H groups in total. The molecule has 0 aromatic heterocycles. The third-order valence-corrected chi connectivity index (χ3v) is 8.34. The van der Waals surface area contributed by atoms with Crippen molar-refractivity contribution in [2.45, 2.75) is 51.5 Å². The number of halogens is 1. The van der Waals surface area contributed by atoms with Gasteiger partial charge in [0.05, 0.1) is 11.5 Å². The highest BCUT2D eigenvalue weighted by Crippen LogP contribution is 2.61. The van der Waals surface area contributed by atoms with Crippen molar-refractivity contribution in [1.29, 1.82) is 0 Å². The van der Waals surface area contributed by atoms with E-state index in [0.29, 0.717) is 17.8 Å². The van der Waals surface area contributed by atoms with Gasteiger partial charge in [-0.25, -0.2) is 4.39 Å². The third-order valence-electron chi connectivity index (χ3n) is 8.34. The van der Waals surface area contributed by atoms with E-state index in [-0.39, 0.29) is 29.6 Å². The van der Waals surface area contributed by atoms with Crippen molar-refractivity contribution < 1.29 is 14.0 Å². The zero-order valence-corrected chi connectivity index (χ0v) is 18.4. The standard InChI is InChI=1S/C27H29FN2O2/c1-16-2-7-23-22(8-16)25(20-3-5-21(28)6-4-20)30(15-24(31)29-23)26(32)27-12-17-9-18(13-27)11-19(10-17)14-27/h2-8,17-19,25H,9-15H2,1H3,(H,29,31). The smallest absolute Gasteiger partial charge is 0.244 e. The molecule has 4 saturated carbocycles. The SMILES string of the molecule is Cc1ccc2c(c1)C(c1ccc(F)cc1)N(C(=O)C13CC4CC(CC(C4)C1)C3)CC(=O)N2. The largest absolute Gasteiger partial charge is 0.324 e. The number of benzene rings is 2. The molecule has 0 saturated heterocycles. The summed E-state index contributed by atoms with van der Waals surface area (Å²) < 4.78 is 13.8. The van der Waals surface area contributed by atoms with Crippen LogP contribution in [0.4, 0.5) is 10.1 Å². The van der Waals surface area contributed by atoms with Gasteiger partial charge < -0.3 is 10.2 Å². The quantitative estimate of drug-likeness (QED) is 0.707. The van der Waals surface area contributed by atoms with E-state index in [1.54, 1.807) is 17.0 Å². The number of aryl methyl sites for hydroxylation is 1. The van der Waals surface area contributed by atoms with E-state index >= 15 is 0 Å². The van der Waals surface area contributed by atoms with Crippen LogP contribution in [0.2, 0.25) is 0 Å². The average molecular weight is 433 g/mol. The lowest BCUT2D eigenvalue weighted by atomic mass is 9.49. The van der Waals surface area contributed by atoms with E-state index in [0.717, 1.165) is 41.6 Å². The number of carbonyl (C=O) groups excluding carboxylic acids is 2. The summed E-state index contributed by atoms with van der Waals surface area (Å²) in [4.78, 5) is 29.1. The predicted octanol–water partition coefficient (Wildman–Crippen LogP) is 5.22. The summed E-state index contributed by atoms with van der Waals surface area (Å²) in [7, 11) is 0. The van der Waals surface area contributed by atoms with Gasteiger partial charge in [0.2, 0.25) is 11.8 Å². The highest BCUT2D eigenvalue weighted by Gasteiger charge is 2.56. The normalized spacial score (nSPS) is 32.9. The van der Waals surface area contributed by atoms with Gasteiger partial charge in [-0.05, 0) is 87.0 Å². The number of amides is 2. The van der Waals surface area contributed by atoms with Crippen LogP contribution in [0.3, 0.4) is 0 Å². The topological polar surface area (TPSA) is 49.4 Å². The highest BCUT2D eigenvalue weighted by atomic mass is 19.1. The van der Waals surface area contributed by atoms with Crippen LogP contribution in [-0.2, 0) is 9.59 Å². The number of nitrogens with zero attached hydrogens (tertiary/aromatic N) is 1. The summed E-state index contributed by atoms with van der Waals surface area (Å²) in [5, 5.41) is 3.01. The van der Waals surface area contributed by atoms with E-state index in [2.05, 4.69) is 11.4 Å².